The normalized spacial score (nSPS) is 15.4. The second kappa shape index (κ2) is 5.58. The van der Waals surface area contributed by atoms with Crippen molar-refractivity contribution < 1.29 is 23.3 Å². The molecule has 2 rings (SSSR count). The molecular weight excluding hydrogens is 280 g/mol. The van der Waals surface area contributed by atoms with Gasteiger partial charge in [-0.15, -0.1) is 0 Å². The molecule has 0 radical (unpaired) electrons. The van der Waals surface area contributed by atoms with Crippen LogP contribution >= 0.6 is 0 Å². The van der Waals surface area contributed by atoms with E-state index < -0.39 is 22.4 Å². The molecule has 0 aromatic heterocycles. The lowest BCUT2D eigenvalue weighted by Crippen LogP contribution is -2.22. The van der Waals surface area contributed by atoms with Gasteiger partial charge in [-0.05, 0) is 12.1 Å². The first-order valence-corrected chi connectivity index (χ1v) is 7.31. The van der Waals surface area contributed by atoms with Crippen molar-refractivity contribution in [1.29, 1.82) is 0 Å². The first-order chi connectivity index (χ1) is 9.54. The molecule has 0 spiro atoms. The Morgan fingerprint density at radius 3 is 2.10 bits per heavy atom. The molecule has 106 valence electrons. The smallest absolute Gasteiger partial charge is 0.206 e. The van der Waals surface area contributed by atoms with Crippen LogP contribution in [0, 0.1) is 0 Å². The predicted molar refractivity (Wildman–Crippen MR) is 75.0 cm³/mol. The Hall–Kier alpha value is -1.95. The van der Waals surface area contributed by atoms with Crippen molar-refractivity contribution in [3.05, 3.63) is 34.2 Å². The predicted octanol–water partition coefficient (Wildman–Crippen LogP) is 1.74. The van der Waals surface area contributed by atoms with Gasteiger partial charge in [0.05, 0.1) is 41.1 Å². The van der Waals surface area contributed by atoms with Gasteiger partial charge in [-0.3, -0.25) is 13.8 Å². The first-order valence-electron chi connectivity index (χ1n) is 5.99. The van der Waals surface area contributed by atoms with Crippen LogP contribution in [-0.2, 0) is 10.8 Å². The molecule has 20 heavy (non-hydrogen) atoms. The summed E-state index contributed by atoms with van der Waals surface area (Å²) in [5, 5.41) is 0. The average Bonchev–Trinajstić information content (AvgIpc) is 2.48. The molecule has 6 heteroatoms. The van der Waals surface area contributed by atoms with E-state index in [-0.39, 0.29) is 27.5 Å². The standard InChI is InChI=1S/C14H14O5S/c1-4-20(17)11-7-8(15)12-9(18-2)5-6-10(19-3)13(12)14(11)16/h5-7H,4H2,1-3H3. The summed E-state index contributed by atoms with van der Waals surface area (Å²) in [6.45, 7) is 1.69. The van der Waals surface area contributed by atoms with Crippen LogP contribution in [0.15, 0.2) is 23.1 Å². The highest BCUT2D eigenvalue weighted by molar-refractivity contribution is 7.90. The first kappa shape index (κ1) is 14.5. The largest absolute Gasteiger partial charge is 0.496 e. The van der Waals surface area contributed by atoms with Gasteiger partial charge in [0.25, 0.3) is 0 Å². The van der Waals surface area contributed by atoms with Crippen LogP contribution in [-0.4, -0.2) is 35.7 Å². The summed E-state index contributed by atoms with van der Waals surface area (Å²) in [6, 6.07) is 3.12. The minimum absolute atomic E-state index is 0.0107. The molecule has 1 aromatic carbocycles. The summed E-state index contributed by atoms with van der Waals surface area (Å²) in [4.78, 5) is 24.7. The quantitative estimate of drug-likeness (QED) is 0.846. The second-order valence-electron chi connectivity index (χ2n) is 4.06. The van der Waals surface area contributed by atoms with E-state index in [0.717, 1.165) is 6.08 Å². The molecule has 0 bridgehead atoms. The fourth-order valence-corrected chi connectivity index (χ4v) is 2.94. The van der Waals surface area contributed by atoms with E-state index >= 15 is 0 Å². The minimum Gasteiger partial charge on any atom is -0.496 e. The van der Waals surface area contributed by atoms with Crippen molar-refractivity contribution in [1.82, 2.24) is 0 Å². The zero-order chi connectivity index (χ0) is 14.9. The van der Waals surface area contributed by atoms with Crippen LogP contribution in [0.1, 0.15) is 27.6 Å². The zero-order valence-electron chi connectivity index (χ0n) is 11.4. The van der Waals surface area contributed by atoms with Crippen LogP contribution in [0.2, 0.25) is 0 Å². The van der Waals surface area contributed by atoms with Crippen molar-refractivity contribution in [3.63, 3.8) is 0 Å². The van der Waals surface area contributed by atoms with Crippen LogP contribution < -0.4 is 9.47 Å². The topological polar surface area (TPSA) is 69.7 Å². The number of ketones is 2. The van der Waals surface area contributed by atoms with Gasteiger partial charge in [-0.25, -0.2) is 0 Å². The molecule has 0 amide bonds. The number of ether oxygens (including phenoxy) is 2. The van der Waals surface area contributed by atoms with E-state index in [1.165, 1.54) is 14.2 Å². The Bertz CT molecular complexity index is 645. The molecular formula is C14H14O5S. The number of rotatable bonds is 4. The molecule has 1 atom stereocenters. The van der Waals surface area contributed by atoms with Gasteiger partial charge < -0.3 is 9.47 Å². The number of methoxy groups -OCH3 is 2. The third-order valence-corrected chi connectivity index (χ3v) is 4.35. The molecule has 0 fully saturated rings. The van der Waals surface area contributed by atoms with Crippen molar-refractivity contribution >= 4 is 22.4 Å². The fraction of sp³-hybridized carbons (Fsp3) is 0.286. The van der Waals surface area contributed by atoms with E-state index in [1.54, 1.807) is 19.1 Å². The molecule has 1 aliphatic carbocycles. The molecule has 0 saturated carbocycles. The van der Waals surface area contributed by atoms with Gasteiger partial charge in [0, 0.05) is 11.8 Å². The summed E-state index contributed by atoms with van der Waals surface area (Å²) < 4.78 is 22.1. The summed E-state index contributed by atoms with van der Waals surface area (Å²) in [5.74, 6) is 0.00389. The van der Waals surface area contributed by atoms with E-state index in [9.17, 15) is 13.8 Å². The van der Waals surface area contributed by atoms with Crippen molar-refractivity contribution in [2.75, 3.05) is 20.0 Å². The highest BCUT2D eigenvalue weighted by Crippen LogP contribution is 2.36. The Balaban J connectivity index is 2.71. The Labute approximate surface area is 119 Å². The monoisotopic (exact) mass is 294 g/mol. The Kier molecular flexibility index (Phi) is 4.04. The summed E-state index contributed by atoms with van der Waals surface area (Å²) in [6.07, 6.45) is 1.13. The lowest BCUT2D eigenvalue weighted by Gasteiger charge is -2.19. The van der Waals surface area contributed by atoms with Crippen LogP contribution in [0.3, 0.4) is 0 Å². The highest BCUT2D eigenvalue weighted by atomic mass is 32.2. The molecule has 0 aliphatic heterocycles. The maximum atomic E-state index is 12.5. The van der Waals surface area contributed by atoms with Crippen molar-refractivity contribution in [3.8, 4) is 11.5 Å². The third kappa shape index (κ3) is 2.16. The highest BCUT2D eigenvalue weighted by Gasteiger charge is 2.33. The van der Waals surface area contributed by atoms with E-state index in [4.69, 9.17) is 9.47 Å². The van der Waals surface area contributed by atoms with Crippen LogP contribution in [0.5, 0.6) is 11.5 Å². The number of allylic oxidation sites excluding steroid dienone is 2. The lowest BCUT2D eigenvalue weighted by molar-refractivity contribution is 0.0985. The number of fused-ring (bicyclic) bond motifs is 1. The number of carbonyl (C=O) groups excluding carboxylic acids is 2. The molecule has 1 unspecified atom stereocenters. The summed E-state index contributed by atoms with van der Waals surface area (Å²) >= 11 is 0. The molecule has 0 saturated heterocycles. The van der Waals surface area contributed by atoms with Crippen LogP contribution in [0.4, 0.5) is 0 Å². The van der Waals surface area contributed by atoms with E-state index in [0.29, 0.717) is 5.75 Å². The number of carbonyl (C=O) groups is 2. The number of benzene rings is 1. The van der Waals surface area contributed by atoms with Gasteiger partial charge in [0.15, 0.2) is 5.78 Å². The van der Waals surface area contributed by atoms with Gasteiger partial charge in [0.2, 0.25) is 5.78 Å². The summed E-state index contributed by atoms with van der Waals surface area (Å²) in [7, 11) is 1.34. The second-order valence-corrected chi connectivity index (χ2v) is 5.76. The fourth-order valence-electron chi connectivity index (χ4n) is 2.08. The SMILES string of the molecule is CCS(=O)C1=CC(=O)c2c(OC)ccc(OC)c2C1=O. The van der Waals surface area contributed by atoms with Gasteiger partial charge >= 0.3 is 0 Å². The van der Waals surface area contributed by atoms with Crippen molar-refractivity contribution in [2.45, 2.75) is 6.92 Å². The van der Waals surface area contributed by atoms with Gasteiger partial charge in [-0.2, -0.15) is 0 Å². The number of hydrogen-bond donors (Lipinski definition) is 0. The average molecular weight is 294 g/mol. The lowest BCUT2D eigenvalue weighted by atomic mass is 9.93. The maximum absolute atomic E-state index is 12.5. The number of hydrogen-bond acceptors (Lipinski definition) is 5. The van der Waals surface area contributed by atoms with E-state index in [1.807, 2.05) is 0 Å². The van der Waals surface area contributed by atoms with Gasteiger partial charge in [-0.1, -0.05) is 6.92 Å². The van der Waals surface area contributed by atoms with Crippen molar-refractivity contribution in [2.24, 2.45) is 0 Å². The maximum Gasteiger partial charge on any atom is 0.206 e. The number of Topliss-reactive ketones (excluding diaryl/α,β-unsaturated/α-hetero) is 1. The zero-order valence-corrected chi connectivity index (χ0v) is 12.2. The molecule has 0 heterocycles. The Morgan fingerprint density at radius 2 is 1.60 bits per heavy atom. The van der Waals surface area contributed by atoms with Crippen LogP contribution in [0.25, 0.3) is 0 Å². The molecule has 1 aromatic rings. The minimum atomic E-state index is -1.50. The third-order valence-electron chi connectivity index (χ3n) is 3.04. The Morgan fingerprint density at radius 1 is 1.05 bits per heavy atom. The molecule has 1 aliphatic rings. The molecule has 5 nitrogen and oxygen atoms in total. The van der Waals surface area contributed by atoms with Gasteiger partial charge in [0.1, 0.15) is 11.5 Å². The summed E-state index contributed by atoms with van der Waals surface area (Å²) in [5.41, 5.74) is 0.282. The van der Waals surface area contributed by atoms with E-state index in [2.05, 4.69) is 0 Å². The molecule has 0 N–H and O–H groups in total.